The number of fused-ring (bicyclic) bond motifs is 1. The van der Waals surface area contributed by atoms with Crippen molar-refractivity contribution in [2.75, 3.05) is 20.8 Å². The first-order valence-corrected chi connectivity index (χ1v) is 11.7. The normalized spacial score (nSPS) is 15.4. The number of nitrogens with zero attached hydrogens (tertiary/aromatic N) is 3. The molecule has 1 aliphatic heterocycles. The largest absolute Gasteiger partial charge is 0.497 e. The molecule has 1 fully saturated rings. The fraction of sp³-hybridized carbons (Fsp3) is 0.250. The summed E-state index contributed by atoms with van der Waals surface area (Å²) >= 11 is 0. The van der Waals surface area contributed by atoms with E-state index < -0.39 is 0 Å². The number of benzene rings is 3. The lowest BCUT2D eigenvalue weighted by Crippen LogP contribution is -2.34. The van der Waals surface area contributed by atoms with Gasteiger partial charge in [-0.05, 0) is 42.7 Å². The second-order valence-electron chi connectivity index (χ2n) is 8.61. The smallest absolute Gasteiger partial charge is 0.275 e. The Kier molecular flexibility index (Phi) is 6.23. The third-order valence-corrected chi connectivity index (χ3v) is 6.56. The van der Waals surface area contributed by atoms with Crippen molar-refractivity contribution in [2.24, 2.45) is 0 Å². The summed E-state index contributed by atoms with van der Waals surface area (Å²) in [6.07, 6.45) is 1.66. The average molecular weight is 470 g/mol. The minimum absolute atomic E-state index is 0.178. The molecular weight excluding hydrogens is 442 g/mol. The van der Waals surface area contributed by atoms with E-state index >= 15 is 0 Å². The topological polar surface area (TPSA) is 73.7 Å². The number of hydrogen-bond acceptors (Lipinski definition) is 5. The summed E-state index contributed by atoms with van der Waals surface area (Å²) in [7, 11) is 3.25. The van der Waals surface area contributed by atoms with Gasteiger partial charge in [-0.3, -0.25) is 9.59 Å². The van der Waals surface area contributed by atoms with E-state index in [-0.39, 0.29) is 29.7 Å². The van der Waals surface area contributed by atoms with E-state index in [2.05, 4.69) is 5.10 Å². The molecular formula is C28H27N3O4. The van der Waals surface area contributed by atoms with E-state index in [0.29, 0.717) is 28.8 Å². The molecule has 7 nitrogen and oxygen atoms in total. The Morgan fingerprint density at radius 1 is 0.971 bits per heavy atom. The van der Waals surface area contributed by atoms with Gasteiger partial charge in [0, 0.05) is 17.5 Å². The van der Waals surface area contributed by atoms with Crippen LogP contribution in [0.5, 0.6) is 11.5 Å². The third-order valence-electron chi connectivity index (χ3n) is 6.56. The molecule has 1 aromatic heterocycles. The van der Waals surface area contributed by atoms with Gasteiger partial charge in [-0.2, -0.15) is 5.10 Å². The fourth-order valence-corrected chi connectivity index (χ4v) is 4.83. The molecule has 7 heteroatoms. The SMILES string of the molecule is COc1ccc(OC)c([C@@H]2CCCN2C(=O)c2nn(Cc3ccccc3)c(=O)c3ccccc23)c1. The number of rotatable bonds is 6. The average Bonchev–Trinajstić information content (AvgIpc) is 3.40. The predicted octanol–water partition coefficient (Wildman–Crippen LogP) is 4.44. The summed E-state index contributed by atoms with van der Waals surface area (Å²) in [4.78, 5) is 29.0. The molecule has 1 aliphatic rings. The Morgan fingerprint density at radius 3 is 2.46 bits per heavy atom. The molecule has 0 bridgehead atoms. The summed E-state index contributed by atoms with van der Waals surface area (Å²) in [5, 5.41) is 5.65. The molecule has 0 unspecified atom stereocenters. The molecule has 3 aromatic carbocycles. The molecule has 0 aliphatic carbocycles. The van der Waals surface area contributed by atoms with Gasteiger partial charge in [0.25, 0.3) is 11.5 Å². The van der Waals surface area contributed by atoms with Crippen LogP contribution in [0.1, 0.15) is 40.5 Å². The van der Waals surface area contributed by atoms with Gasteiger partial charge >= 0.3 is 0 Å². The zero-order valence-electron chi connectivity index (χ0n) is 19.8. The lowest BCUT2D eigenvalue weighted by atomic mass is 10.0. The van der Waals surface area contributed by atoms with Gasteiger partial charge in [-0.15, -0.1) is 0 Å². The van der Waals surface area contributed by atoms with Crippen LogP contribution in [-0.4, -0.2) is 41.4 Å². The molecule has 2 heterocycles. The highest BCUT2D eigenvalue weighted by Gasteiger charge is 2.34. The van der Waals surface area contributed by atoms with Crippen LogP contribution in [0.15, 0.2) is 77.6 Å². The summed E-state index contributed by atoms with van der Waals surface area (Å²) in [5.41, 5.74) is 1.91. The van der Waals surface area contributed by atoms with E-state index in [0.717, 1.165) is 24.0 Å². The van der Waals surface area contributed by atoms with E-state index in [4.69, 9.17) is 9.47 Å². The standard InChI is InChI=1S/C28H27N3O4/c1-34-20-14-15-25(35-2)23(17-20)24-13-8-16-30(24)28(33)26-21-11-6-7-12-22(21)27(32)31(29-26)18-19-9-4-3-5-10-19/h3-7,9-12,14-15,17,24H,8,13,16,18H2,1-2H3/t24-/m0/s1. The number of hydrogen-bond donors (Lipinski definition) is 0. The second-order valence-corrected chi connectivity index (χ2v) is 8.61. The van der Waals surface area contributed by atoms with Crippen LogP contribution in [0.2, 0.25) is 0 Å². The number of methoxy groups -OCH3 is 2. The molecule has 0 radical (unpaired) electrons. The van der Waals surface area contributed by atoms with Gasteiger partial charge in [0.2, 0.25) is 0 Å². The van der Waals surface area contributed by atoms with E-state index in [9.17, 15) is 9.59 Å². The van der Waals surface area contributed by atoms with Crippen LogP contribution in [0.4, 0.5) is 0 Å². The first-order chi connectivity index (χ1) is 17.1. The Morgan fingerprint density at radius 2 is 1.71 bits per heavy atom. The third kappa shape index (κ3) is 4.25. The van der Waals surface area contributed by atoms with Gasteiger partial charge < -0.3 is 14.4 Å². The number of amides is 1. The van der Waals surface area contributed by atoms with Crippen LogP contribution >= 0.6 is 0 Å². The monoisotopic (exact) mass is 469 g/mol. The molecule has 0 spiro atoms. The molecule has 1 atom stereocenters. The van der Waals surface area contributed by atoms with Gasteiger partial charge in [-0.25, -0.2) is 4.68 Å². The van der Waals surface area contributed by atoms with Crippen LogP contribution in [0, 0.1) is 0 Å². The Balaban J connectivity index is 1.59. The van der Waals surface area contributed by atoms with Gasteiger partial charge in [0.1, 0.15) is 11.5 Å². The van der Waals surface area contributed by atoms with Crippen LogP contribution in [0.25, 0.3) is 10.8 Å². The maximum Gasteiger partial charge on any atom is 0.275 e. The van der Waals surface area contributed by atoms with Crippen molar-refractivity contribution in [1.29, 1.82) is 0 Å². The zero-order chi connectivity index (χ0) is 24.4. The molecule has 4 aromatic rings. The Bertz CT molecular complexity index is 1430. The molecule has 0 N–H and O–H groups in total. The highest BCUT2D eigenvalue weighted by Crippen LogP contribution is 2.39. The maximum atomic E-state index is 14.0. The van der Waals surface area contributed by atoms with Crippen molar-refractivity contribution < 1.29 is 14.3 Å². The lowest BCUT2D eigenvalue weighted by Gasteiger charge is -2.27. The summed E-state index contributed by atoms with van der Waals surface area (Å²) in [5.74, 6) is 1.22. The van der Waals surface area contributed by atoms with E-state index in [1.807, 2.05) is 65.6 Å². The molecule has 35 heavy (non-hydrogen) atoms. The quantitative estimate of drug-likeness (QED) is 0.417. The van der Waals surface area contributed by atoms with Crippen molar-refractivity contribution in [2.45, 2.75) is 25.4 Å². The number of aromatic nitrogens is 2. The van der Waals surface area contributed by atoms with Crippen molar-refractivity contribution in [3.05, 3.63) is 100.0 Å². The van der Waals surface area contributed by atoms with Crippen LogP contribution in [-0.2, 0) is 6.54 Å². The minimum Gasteiger partial charge on any atom is -0.497 e. The molecule has 178 valence electrons. The van der Waals surface area contributed by atoms with Crippen molar-refractivity contribution >= 4 is 16.7 Å². The predicted molar refractivity (Wildman–Crippen MR) is 134 cm³/mol. The summed E-state index contributed by atoms with van der Waals surface area (Å²) < 4.78 is 12.4. The van der Waals surface area contributed by atoms with Crippen molar-refractivity contribution in [3.63, 3.8) is 0 Å². The second kappa shape index (κ2) is 9.62. The summed E-state index contributed by atoms with van der Waals surface area (Å²) in [6, 6.07) is 22.3. The minimum atomic E-state index is -0.214. The van der Waals surface area contributed by atoms with Gasteiger partial charge in [0.15, 0.2) is 5.69 Å². The first-order valence-electron chi connectivity index (χ1n) is 11.7. The Hall–Kier alpha value is -4.13. The van der Waals surface area contributed by atoms with E-state index in [1.165, 1.54) is 4.68 Å². The maximum absolute atomic E-state index is 14.0. The zero-order valence-corrected chi connectivity index (χ0v) is 19.8. The highest BCUT2D eigenvalue weighted by molar-refractivity contribution is 6.05. The van der Waals surface area contributed by atoms with Crippen molar-refractivity contribution in [1.82, 2.24) is 14.7 Å². The molecule has 5 rings (SSSR count). The van der Waals surface area contributed by atoms with E-state index in [1.54, 1.807) is 26.4 Å². The Labute approximate surface area is 203 Å². The van der Waals surface area contributed by atoms with Gasteiger partial charge in [0.05, 0.1) is 32.2 Å². The molecule has 1 amide bonds. The number of likely N-dealkylation sites (tertiary alicyclic amines) is 1. The lowest BCUT2D eigenvalue weighted by molar-refractivity contribution is 0.0727. The van der Waals surface area contributed by atoms with Crippen LogP contribution < -0.4 is 15.0 Å². The fourth-order valence-electron chi connectivity index (χ4n) is 4.83. The number of carbonyl (C=O) groups is 1. The van der Waals surface area contributed by atoms with Crippen LogP contribution in [0.3, 0.4) is 0 Å². The van der Waals surface area contributed by atoms with Gasteiger partial charge in [-0.1, -0.05) is 48.5 Å². The highest BCUT2D eigenvalue weighted by atomic mass is 16.5. The summed E-state index contributed by atoms with van der Waals surface area (Å²) in [6.45, 7) is 0.885. The number of carbonyl (C=O) groups excluding carboxylic acids is 1. The number of ether oxygens (including phenoxy) is 2. The molecule has 1 saturated heterocycles. The molecule has 0 saturated carbocycles. The first kappa shape index (κ1) is 22.7. The van der Waals surface area contributed by atoms with Crippen molar-refractivity contribution in [3.8, 4) is 11.5 Å².